The quantitative estimate of drug-likeness (QED) is 0.697. The van der Waals surface area contributed by atoms with Crippen LogP contribution in [-0.4, -0.2) is 38.7 Å². The molecule has 20 heavy (non-hydrogen) atoms. The maximum Gasteiger partial charge on any atom is 0.251 e. The van der Waals surface area contributed by atoms with E-state index >= 15 is 0 Å². The fourth-order valence-electron chi connectivity index (χ4n) is 1.52. The van der Waals surface area contributed by atoms with Crippen molar-refractivity contribution >= 4 is 21.7 Å². The third-order valence-corrected chi connectivity index (χ3v) is 3.40. The lowest BCUT2D eigenvalue weighted by molar-refractivity contribution is 0.0956. The molecule has 0 aliphatic heterocycles. The average Bonchev–Trinajstić information content (AvgIpc) is 2.36. The Morgan fingerprint density at radius 1 is 1.40 bits per heavy atom. The molecule has 0 unspecified atom stereocenters. The molecule has 0 bridgehead atoms. The zero-order valence-electron chi connectivity index (χ0n) is 11.8. The minimum absolute atomic E-state index is 0.0219. The van der Waals surface area contributed by atoms with E-state index in [9.17, 15) is 13.2 Å². The van der Waals surface area contributed by atoms with Crippen molar-refractivity contribution in [1.29, 1.82) is 0 Å². The number of sulfonamides is 1. The Morgan fingerprint density at radius 2 is 2.05 bits per heavy atom. The number of carbonyl (C=O) groups is 1. The molecule has 8 heteroatoms. The maximum absolute atomic E-state index is 12.0. The first-order valence-corrected chi connectivity index (χ1v) is 7.93. The second-order valence-electron chi connectivity index (χ2n) is 4.69. The summed E-state index contributed by atoms with van der Waals surface area (Å²) < 4.78 is 21.6. The minimum Gasteiger partial charge on any atom is -0.373 e. The first kappa shape index (κ1) is 16.4. The van der Waals surface area contributed by atoms with E-state index in [1.54, 1.807) is 19.2 Å². The number of primary sulfonamides is 1. The van der Waals surface area contributed by atoms with Crippen molar-refractivity contribution in [3.05, 3.63) is 23.4 Å². The predicted molar refractivity (Wildman–Crippen MR) is 78.2 cm³/mol. The van der Waals surface area contributed by atoms with Crippen LogP contribution in [0.2, 0.25) is 0 Å². The number of rotatable bonds is 6. The van der Waals surface area contributed by atoms with E-state index in [2.05, 4.69) is 15.6 Å². The fourth-order valence-corrected chi connectivity index (χ4v) is 1.90. The number of nitrogens with two attached hydrogens (primary N) is 1. The topological polar surface area (TPSA) is 114 Å². The molecule has 0 saturated heterocycles. The molecular weight excluding hydrogens is 280 g/mol. The van der Waals surface area contributed by atoms with Crippen LogP contribution in [0.3, 0.4) is 0 Å². The third-order valence-electron chi connectivity index (χ3n) is 2.63. The molecule has 4 N–H and O–H groups in total. The highest BCUT2D eigenvalue weighted by atomic mass is 32.2. The summed E-state index contributed by atoms with van der Waals surface area (Å²) in [5, 5.41) is 10.3. The van der Waals surface area contributed by atoms with Gasteiger partial charge in [0.1, 0.15) is 5.82 Å². The van der Waals surface area contributed by atoms with Crippen LogP contribution in [0.1, 0.15) is 35.8 Å². The number of pyridine rings is 1. The van der Waals surface area contributed by atoms with Crippen LogP contribution in [0.25, 0.3) is 0 Å². The summed E-state index contributed by atoms with van der Waals surface area (Å²) in [7, 11) is -1.86. The second kappa shape index (κ2) is 6.67. The van der Waals surface area contributed by atoms with Gasteiger partial charge in [-0.25, -0.2) is 18.5 Å². The van der Waals surface area contributed by atoms with E-state index in [0.29, 0.717) is 11.4 Å². The number of hydrogen-bond acceptors (Lipinski definition) is 5. The molecule has 1 amide bonds. The van der Waals surface area contributed by atoms with Crippen molar-refractivity contribution in [2.24, 2.45) is 5.14 Å². The van der Waals surface area contributed by atoms with Crippen LogP contribution in [0.4, 0.5) is 5.82 Å². The molecular formula is C12H20N4O3S. The van der Waals surface area contributed by atoms with Gasteiger partial charge >= 0.3 is 0 Å². The van der Waals surface area contributed by atoms with Gasteiger partial charge in [-0.2, -0.15) is 0 Å². The van der Waals surface area contributed by atoms with Gasteiger partial charge in [-0.3, -0.25) is 4.79 Å². The van der Waals surface area contributed by atoms with Crippen molar-refractivity contribution in [3.63, 3.8) is 0 Å². The molecule has 0 saturated carbocycles. The van der Waals surface area contributed by atoms with E-state index in [0.717, 1.165) is 5.69 Å². The highest BCUT2D eigenvalue weighted by Gasteiger charge is 2.12. The lowest BCUT2D eigenvalue weighted by Crippen LogP contribution is -2.31. The van der Waals surface area contributed by atoms with Gasteiger partial charge < -0.3 is 10.6 Å². The van der Waals surface area contributed by atoms with E-state index in [4.69, 9.17) is 5.14 Å². The van der Waals surface area contributed by atoms with E-state index < -0.39 is 10.0 Å². The van der Waals surface area contributed by atoms with Gasteiger partial charge in [0.2, 0.25) is 10.0 Å². The van der Waals surface area contributed by atoms with Gasteiger partial charge in [0.05, 0.1) is 5.75 Å². The molecule has 0 aliphatic rings. The standard InChI is InChI=1S/C12H20N4O3S/c1-8(2)10-6-9(7-11(14-3)16-10)12(17)15-4-5-20(13,18)19/h6-8H,4-5H2,1-3H3,(H,14,16)(H,15,17)(H2,13,18,19). The van der Waals surface area contributed by atoms with E-state index in [-0.39, 0.29) is 24.1 Å². The smallest absolute Gasteiger partial charge is 0.251 e. The number of nitrogens with zero attached hydrogens (tertiary/aromatic N) is 1. The molecule has 112 valence electrons. The molecule has 1 rings (SSSR count). The molecule has 0 atom stereocenters. The summed E-state index contributed by atoms with van der Waals surface area (Å²) in [4.78, 5) is 16.3. The molecule has 7 nitrogen and oxygen atoms in total. The third kappa shape index (κ3) is 5.14. The number of aromatic nitrogens is 1. The fraction of sp³-hybridized carbons (Fsp3) is 0.500. The van der Waals surface area contributed by atoms with Crippen LogP contribution < -0.4 is 15.8 Å². The van der Waals surface area contributed by atoms with Gasteiger partial charge in [-0.15, -0.1) is 0 Å². The van der Waals surface area contributed by atoms with Gasteiger partial charge in [0, 0.05) is 24.8 Å². The van der Waals surface area contributed by atoms with Gasteiger partial charge in [-0.05, 0) is 18.1 Å². The Hall–Kier alpha value is -1.67. The number of anilines is 1. The van der Waals surface area contributed by atoms with Crippen molar-refractivity contribution in [2.45, 2.75) is 19.8 Å². The average molecular weight is 300 g/mol. The highest BCUT2D eigenvalue weighted by molar-refractivity contribution is 7.89. The predicted octanol–water partition coefficient (Wildman–Crippen LogP) is 0.265. The van der Waals surface area contributed by atoms with Gasteiger partial charge in [0.15, 0.2) is 0 Å². The minimum atomic E-state index is -3.58. The lowest BCUT2D eigenvalue weighted by atomic mass is 10.1. The summed E-state index contributed by atoms with van der Waals surface area (Å²) in [5.74, 6) is 0.126. The first-order valence-electron chi connectivity index (χ1n) is 6.21. The Labute approximate surface area is 119 Å². The second-order valence-corrected chi connectivity index (χ2v) is 6.43. The van der Waals surface area contributed by atoms with Crippen molar-refractivity contribution < 1.29 is 13.2 Å². The Kier molecular flexibility index (Phi) is 5.46. The SMILES string of the molecule is CNc1cc(C(=O)NCCS(N)(=O)=O)cc(C(C)C)n1. The van der Waals surface area contributed by atoms with Gasteiger partial charge in [0.25, 0.3) is 5.91 Å². The molecule has 0 fully saturated rings. The van der Waals surface area contributed by atoms with Crippen LogP contribution in [-0.2, 0) is 10.0 Å². The lowest BCUT2D eigenvalue weighted by Gasteiger charge is -2.11. The first-order chi connectivity index (χ1) is 9.23. The molecule has 1 aromatic heterocycles. The monoisotopic (exact) mass is 300 g/mol. The van der Waals surface area contributed by atoms with Crippen LogP contribution >= 0.6 is 0 Å². The number of carbonyl (C=O) groups excluding carboxylic acids is 1. The van der Waals surface area contributed by atoms with Crippen molar-refractivity contribution in [1.82, 2.24) is 10.3 Å². The Bertz CT molecular complexity index is 584. The zero-order valence-corrected chi connectivity index (χ0v) is 12.6. The maximum atomic E-state index is 12.0. The molecule has 1 heterocycles. The van der Waals surface area contributed by atoms with E-state index in [1.807, 2.05) is 13.8 Å². The normalized spacial score (nSPS) is 11.4. The summed E-state index contributed by atoms with van der Waals surface area (Å²) >= 11 is 0. The largest absolute Gasteiger partial charge is 0.373 e. The van der Waals surface area contributed by atoms with Crippen LogP contribution in [0.5, 0.6) is 0 Å². The number of amides is 1. The molecule has 0 aliphatic carbocycles. The van der Waals surface area contributed by atoms with E-state index in [1.165, 1.54) is 0 Å². The van der Waals surface area contributed by atoms with Crippen molar-refractivity contribution in [2.75, 3.05) is 24.7 Å². The van der Waals surface area contributed by atoms with Crippen LogP contribution in [0.15, 0.2) is 12.1 Å². The molecule has 0 aromatic carbocycles. The zero-order chi connectivity index (χ0) is 15.3. The van der Waals surface area contributed by atoms with Crippen LogP contribution in [0, 0.1) is 0 Å². The summed E-state index contributed by atoms with van der Waals surface area (Å²) in [5.41, 5.74) is 1.22. The molecule has 0 spiro atoms. The number of hydrogen-bond donors (Lipinski definition) is 3. The molecule has 1 aromatic rings. The molecule has 0 radical (unpaired) electrons. The summed E-state index contributed by atoms with van der Waals surface area (Å²) in [6, 6.07) is 3.30. The summed E-state index contributed by atoms with van der Waals surface area (Å²) in [6.45, 7) is 3.93. The Balaban J connectivity index is 2.84. The number of nitrogens with one attached hydrogen (secondary N) is 2. The summed E-state index contributed by atoms with van der Waals surface area (Å²) in [6.07, 6.45) is 0. The van der Waals surface area contributed by atoms with Gasteiger partial charge in [-0.1, -0.05) is 13.8 Å². The van der Waals surface area contributed by atoms with Crippen molar-refractivity contribution in [3.8, 4) is 0 Å². The highest BCUT2D eigenvalue weighted by Crippen LogP contribution is 2.17. The Morgan fingerprint density at radius 3 is 2.55 bits per heavy atom.